The Morgan fingerprint density at radius 1 is 1.58 bits per heavy atom. The number of rotatable bonds is 5. The van der Waals surface area contributed by atoms with Crippen molar-refractivity contribution < 1.29 is 9.90 Å². The standard InChI is InChI=1S/C12H14N4O2S/c1-7-6-19-11(16-7)2-3-14-10-4-8(12(17)18)9(13)5-15-10/h4-6H,2-3,13H2,1H3,(H,14,15)(H,17,18). The Kier molecular flexibility index (Phi) is 3.96. The van der Waals surface area contributed by atoms with Gasteiger partial charge in [0, 0.05) is 24.0 Å². The summed E-state index contributed by atoms with van der Waals surface area (Å²) < 4.78 is 0. The highest BCUT2D eigenvalue weighted by Gasteiger charge is 2.09. The number of nitrogens with zero attached hydrogens (tertiary/aromatic N) is 2. The molecule has 0 fully saturated rings. The second-order valence-electron chi connectivity index (χ2n) is 4.02. The number of carboxylic acids is 1. The molecular weight excluding hydrogens is 264 g/mol. The van der Waals surface area contributed by atoms with Gasteiger partial charge in [-0.05, 0) is 13.0 Å². The quantitative estimate of drug-likeness (QED) is 0.770. The molecule has 0 amide bonds. The molecule has 2 heterocycles. The Hall–Kier alpha value is -2.15. The van der Waals surface area contributed by atoms with Crippen molar-refractivity contribution in [1.82, 2.24) is 9.97 Å². The largest absolute Gasteiger partial charge is 0.478 e. The van der Waals surface area contributed by atoms with Crippen LogP contribution in [0.25, 0.3) is 0 Å². The number of hydrogen-bond acceptors (Lipinski definition) is 6. The molecule has 0 saturated heterocycles. The van der Waals surface area contributed by atoms with Gasteiger partial charge in [0.25, 0.3) is 0 Å². The number of hydrogen-bond donors (Lipinski definition) is 3. The van der Waals surface area contributed by atoms with E-state index in [2.05, 4.69) is 15.3 Å². The van der Waals surface area contributed by atoms with E-state index in [1.165, 1.54) is 12.3 Å². The van der Waals surface area contributed by atoms with Crippen LogP contribution in [0.2, 0.25) is 0 Å². The summed E-state index contributed by atoms with van der Waals surface area (Å²) in [6.45, 7) is 2.59. The van der Waals surface area contributed by atoms with Gasteiger partial charge in [-0.25, -0.2) is 14.8 Å². The monoisotopic (exact) mass is 278 g/mol. The minimum Gasteiger partial charge on any atom is -0.478 e. The molecule has 0 aliphatic heterocycles. The molecule has 0 bridgehead atoms. The van der Waals surface area contributed by atoms with Crippen molar-refractivity contribution in [3.63, 3.8) is 0 Å². The predicted octanol–water partition coefficient (Wildman–Crippen LogP) is 1.78. The van der Waals surface area contributed by atoms with Crippen LogP contribution in [-0.2, 0) is 6.42 Å². The molecule has 0 aliphatic carbocycles. The number of nitrogen functional groups attached to an aromatic ring is 1. The lowest BCUT2D eigenvalue weighted by Crippen LogP contribution is -2.09. The van der Waals surface area contributed by atoms with Gasteiger partial charge >= 0.3 is 5.97 Å². The Morgan fingerprint density at radius 3 is 3.00 bits per heavy atom. The first-order valence-corrected chi connectivity index (χ1v) is 6.58. The number of pyridine rings is 1. The van der Waals surface area contributed by atoms with E-state index in [1.54, 1.807) is 11.3 Å². The van der Waals surface area contributed by atoms with Crippen molar-refractivity contribution >= 4 is 28.8 Å². The molecule has 100 valence electrons. The fraction of sp³-hybridized carbons (Fsp3) is 0.250. The van der Waals surface area contributed by atoms with Crippen molar-refractivity contribution in [2.45, 2.75) is 13.3 Å². The molecule has 2 rings (SSSR count). The Balaban J connectivity index is 1.96. The Morgan fingerprint density at radius 2 is 2.37 bits per heavy atom. The van der Waals surface area contributed by atoms with Gasteiger partial charge in [-0.1, -0.05) is 0 Å². The number of nitrogens with two attached hydrogens (primary N) is 1. The second-order valence-corrected chi connectivity index (χ2v) is 4.96. The zero-order valence-electron chi connectivity index (χ0n) is 10.4. The zero-order chi connectivity index (χ0) is 13.8. The van der Waals surface area contributed by atoms with Crippen LogP contribution in [0.3, 0.4) is 0 Å². The molecule has 2 aromatic heterocycles. The van der Waals surface area contributed by atoms with Crippen molar-refractivity contribution in [2.24, 2.45) is 0 Å². The average Bonchev–Trinajstić information content (AvgIpc) is 2.77. The molecule has 0 aromatic carbocycles. The van der Waals surface area contributed by atoms with E-state index in [-0.39, 0.29) is 11.3 Å². The molecule has 7 heteroatoms. The number of aromatic nitrogens is 2. The minimum atomic E-state index is -1.06. The number of nitrogens with one attached hydrogen (secondary N) is 1. The highest BCUT2D eigenvalue weighted by Crippen LogP contribution is 2.15. The molecule has 0 atom stereocenters. The third kappa shape index (κ3) is 3.41. The second kappa shape index (κ2) is 5.66. The molecule has 0 aliphatic rings. The Labute approximate surface area is 114 Å². The van der Waals surface area contributed by atoms with Crippen LogP contribution in [0, 0.1) is 6.92 Å². The summed E-state index contributed by atoms with van der Waals surface area (Å²) >= 11 is 1.61. The van der Waals surface area contributed by atoms with Crippen molar-refractivity contribution in [2.75, 3.05) is 17.6 Å². The molecule has 0 spiro atoms. The van der Waals surface area contributed by atoms with Crippen LogP contribution in [0.4, 0.5) is 11.5 Å². The van der Waals surface area contributed by atoms with Gasteiger partial charge in [0.15, 0.2) is 0 Å². The fourth-order valence-corrected chi connectivity index (χ4v) is 2.34. The van der Waals surface area contributed by atoms with E-state index in [0.717, 1.165) is 17.1 Å². The van der Waals surface area contributed by atoms with Crippen LogP contribution >= 0.6 is 11.3 Å². The van der Waals surface area contributed by atoms with Gasteiger partial charge in [0.1, 0.15) is 5.82 Å². The summed E-state index contributed by atoms with van der Waals surface area (Å²) in [4.78, 5) is 19.3. The van der Waals surface area contributed by atoms with Crippen LogP contribution in [0.5, 0.6) is 0 Å². The molecular formula is C12H14N4O2S. The number of anilines is 2. The lowest BCUT2D eigenvalue weighted by molar-refractivity contribution is 0.0698. The first kappa shape index (κ1) is 13.3. The molecule has 0 saturated carbocycles. The van der Waals surface area contributed by atoms with Crippen molar-refractivity contribution in [3.05, 3.63) is 33.9 Å². The summed E-state index contributed by atoms with van der Waals surface area (Å²) in [7, 11) is 0. The highest BCUT2D eigenvalue weighted by molar-refractivity contribution is 7.09. The number of carbonyl (C=O) groups is 1. The van der Waals surface area contributed by atoms with Gasteiger partial charge in [0.05, 0.1) is 22.5 Å². The topological polar surface area (TPSA) is 101 Å². The summed E-state index contributed by atoms with van der Waals surface area (Å²) in [5, 5.41) is 15.1. The maximum absolute atomic E-state index is 10.9. The predicted molar refractivity (Wildman–Crippen MR) is 74.7 cm³/mol. The summed E-state index contributed by atoms with van der Waals surface area (Å²) in [6, 6.07) is 1.44. The third-order valence-corrected chi connectivity index (χ3v) is 3.50. The smallest absolute Gasteiger partial charge is 0.337 e. The maximum Gasteiger partial charge on any atom is 0.337 e. The van der Waals surface area contributed by atoms with Crippen molar-refractivity contribution in [3.8, 4) is 0 Å². The van der Waals surface area contributed by atoms with Gasteiger partial charge in [-0.2, -0.15) is 0 Å². The molecule has 0 unspecified atom stereocenters. The van der Waals surface area contributed by atoms with Crippen LogP contribution in [-0.4, -0.2) is 27.6 Å². The van der Waals surface area contributed by atoms with Crippen LogP contribution < -0.4 is 11.1 Å². The van der Waals surface area contributed by atoms with E-state index >= 15 is 0 Å². The fourth-order valence-electron chi connectivity index (χ4n) is 1.56. The zero-order valence-corrected chi connectivity index (χ0v) is 11.2. The van der Waals surface area contributed by atoms with Gasteiger partial charge < -0.3 is 16.2 Å². The lowest BCUT2D eigenvalue weighted by Gasteiger charge is -2.06. The van der Waals surface area contributed by atoms with Gasteiger partial charge in [0.2, 0.25) is 0 Å². The lowest BCUT2D eigenvalue weighted by atomic mass is 10.2. The summed E-state index contributed by atoms with van der Waals surface area (Å²) in [5.41, 5.74) is 6.76. The SMILES string of the molecule is Cc1csc(CCNc2cc(C(=O)O)c(N)cn2)n1. The molecule has 6 nitrogen and oxygen atoms in total. The van der Waals surface area contributed by atoms with E-state index < -0.39 is 5.97 Å². The molecule has 0 radical (unpaired) electrons. The molecule has 19 heavy (non-hydrogen) atoms. The molecule has 2 aromatic rings. The van der Waals surface area contributed by atoms with E-state index in [0.29, 0.717) is 12.4 Å². The van der Waals surface area contributed by atoms with E-state index in [1.807, 2.05) is 12.3 Å². The first-order chi connectivity index (χ1) is 9.06. The van der Waals surface area contributed by atoms with E-state index in [9.17, 15) is 4.79 Å². The van der Waals surface area contributed by atoms with E-state index in [4.69, 9.17) is 10.8 Å². The maximum atomic E-state index is 10.9. The number of thiazole rings is 1. The summed E-state index contributed by atoms with van der Waals surface area (Å²) in [5.74, 6) is -0.557. The van der Waals surface area contributed by atoms with Gasteiger partial charge in [-0.3, -0.25) is 0 Å². The minimum absolute atomic E-state index is 0.0580. The Bertz CT molecular complexity index is 597. The highest BCUT2D eigenvalue weighted by atomic mass is 32.1. The third-order valence-electron chi connectivity index (χ3n) is 2.48. The van der Waals surface area contributed by atoms with Crippen LogP contribution in [0.15, 0.2) is 17.6 Å². The number of carboxylic acid groups (broad SMARTS) is 1. The normalized spacial score (nSPS) is 10.4. The van der Waals surface area contributed by atoms with Crippen molar-refractivity contribution in [1.29, 1.82) is 0 Å². The first-order valence-electron chi connectivity index (χ1n) is 5.70. The number of aryl methyl sites for hydroxylation is 1. The average molecular weight is 278 g/mol. The number of aromatic carboxylic acids is 1. The molecule has 4 N–H and O–H groups in total. The van der Waals surface area contributed by atoms with Crippen LogP contribution in [0.1, 0.15) is 21.1 Å². The van der Waals surface area contributed by atoms with Gasteiger partial charge in [-0.15, -0.1) is 11.3 Å². The summed E-state index contributed by atoms with van der Waals surface area (Å²) in [6.07, 6.45) is 2.12.